The lowest BCUT2D eigenvalue weighted by atomic mass is 10.1. The largest absolute Gasteiger partial charge is 0.497 e. The fourth-order valence-electron chi connectivity index (χ4n) is 0.960. The van der Waals surface area contributed by atoms with Gasteiger partial charge in [0, 0.05) is 5.56 Å². The van der Waals surface area contributed by atoms with Crippen LogP contribution in [0.1, 0.15) is 10.4 Å². The molecule has 0 heterocycles. The number of ketones is 1. The topological polar surface area (TPSA) is 50.1 Å². The molecule has 0 fully saturated rings. The minimum Gasteiger partial charge on any atom is -0.497 e. The average molecular weight is 193 g/mol. The van der Waals surface area contributed by atoms with E-state index in [9.17, 15) is 9.18 Å². The second-order valence-corrected chi connectivity index (χ2v) is 2.58. The molecule has 1 aromatic rings. The summed E-state index contributed by atoms with van der Waals surface area (Å²) < 4.78 is 17.5. The average Bonchev–Trinajstić information content (AvgIpc) is 2.27. The van der Waals surface area contributed by atoms with Gasteiger partial charge in [-0.3, -0.25) is 4.79 Å². The summed E-state index contributed by atoms with van der Waals surface area (Å²) in [5.74, 6) is -0.246. The Morgan fingerprint density at radius 2 is 2.07 bits per heavy atom. The molecule has 0 saturated heterocycles. The predicted octanol–water partition coefficient (Wildman–Crippen LogP) is 1.74. The van der Waals surface area contributed by atoms with Gasteiger partial charge in [-0.05, 0) is 24.3 Å². The molecule has 0 spiro atoms. The van der Waals surface area contributed by atoms with Crippen molar-refractivity contribution in [2.24, 2.45) is 0 Å². The third-order valence-electron chi connectivity index (χ3n) is 1.72. The first kappa shape index (κ1) is 10.2. The Bertz CT molecular complexity index is 367. The number of hydrogen-bond acceptors (Lipinski definition) is 3. The van der Waals surface area contributed by atoms with Crippen molar-refractivity contribution in [3.8, 4) is 11.8 Å². The van der Waals surface area contributed by atoms with E-state index in [1.54, 1.807) is 0 Å². The van der Waals surface area contributed by atoms with E-state index < -0.39 is 12.0 Å². The summed E-state index contributed by atoms with van der Waals surface area (Å²) in [6.07, 6.45) is -2.09. The van der Waals surface area contributed by atoms with Gasteiger partial charge in [0.25, 0.3) is 0 Å². The summed E-state index contributed by atoms with van der Waals surface area (Å²) in [4.78, 5) is 11.1. The molecule has 1 rings (SSSR count). The van der Waals surface area contributed by atoms with Crippen molar-refractivity contribution in [2.75, 3.05) is 7.11 Å². The first-order chi connectivity index (χ1) is 6.69. The van der Waals surface area contributed by atoms with Crippen LogP contribution < -0.4 is 4.74 Å². The van der Waals surface area contributed by atoms with Crippen molar-refractivity contribution in [1.29, 1.82) is 5.26 Å². The summed E-state index contributed by atoms with van der Waals surface area (Å²) >= 11 is 0. The van der Waals surface area contributed by atoms with Crippen LogP contribution in [-0.2, 0) is 0 Å². The standard InChI is InChI=1S/C10H8FNO2/c1-14-8-4-2-7(3-5-8)10(13)9(11)6-12/h2-5,9H,1H3. The summed E-state index contributed by atoms with van der Waals surface area (Å²) in [5, 5.41) is 8.20. The van der Waals surface area contributed by atoms with Crippen molar-refractivity contribution in [3.63, 3.8) is 0 Å². The highest BCUT2D eigenvalue weighted by atomic mass is 19.1. The highest BCUT2D eigenvalue weighted by Gasteiger charge is 2.17. The van der Waals surface area contributed by atoms with Gasteiger partial charge < -0.3 is 4.74 Å². The number of carbonyl (C=O) groups excluding carboxylic acids is 1. The van der Waals surface area contributed by atoms with Gasteiger partial charge in [-0.15, -0.1) is 0 Å². The van der Waals surface area contributed by atoms with E-state index in [1.165, 1.54) is 37.4 Å². The molecule has 4 heteroatoms. The molecule has 0 aliphatic rings. The summed E-state index contributed by atoms with van der Waals surface area (Å²) in [6, 6.07) is 7.17. The molecule has 0 amide bonds. The quantitative estimate of drug-likeness (QED) is 0.687. The number of halogens is 1. The number of alkyl halides is 1. The number of benzene rings is 1. The molecule has 14 heavy (non-hydrogen) atoms. The van der Waals surface area contributed by atoms with Gasteiger partial charge in [0.05, 0.1) is 7.11 Å². The molecule has 0 saturated carbocycles. The van der Waals surface area contributed by atoms with Crippen LogP contribution in [0.5, 0.6) is 5.75 Å². The van der Waals surface area contributed by atoms with Crippen LogP contribution in [0.2, 0.25) is 0 Å². The van der Waals surface area contributed by atoms with Crippen molar-refractivity contribution in [3.05, 3.63) is 29.8 Å². The molecule has 1 aromatic carbocycles. The van der Waals surface area contributed by atoms with E-state index in [-0.39, 0.29) is 5.56 Å². The van der Waals surface area contributed by atoms with Gasteiger partial charge in [0.15, 0.2) is 0 Å². The zero-order valence-electron chi connectivity index (χ0n) is 7.53. The molecule has 0 N–H and O–H groups in total. The molecular formula is C10H8FNO2. The second-order valence-electron chi connectivity index (χ2n) is 2.58. The van der Waals surface area contributed by atoms with E-state index in [0.29, 0.717) is 5.75 Å². The molecular weight excluding hydrogens is 185 g/mol. The van der Waals surface area contributed by atoms with Gasteiger partial charge in [0.2, 0.25) is 12.0 Å². The van der Waals surface area contributed by atoms with E-state index in [0.717, 1.165) is 0 Å². The molecule has 72 valence electrons. The number of nitrogens with zero attached hydrogens (tertiary/aromatic N) is 1. The zero-order valence-corrected chi connectivity index (χ0v) is 7.53. The molecule has 0 aromatic heterocycles. The van der Waals surface area contributed by atoms with Crippen molar-refractivity contribution < 1.29 is 13.9 Å². The van der Waals surface area contributed by atoms with Crippen molar-refractivity contribution in [1.82, 2.24) is 0 Å². The Kier molecular flexibility index (Phi) is 3.19. The van der Waals surface area contributed by atoms with Crippen molar-refractivity contribution >= 4 is 5.78 Å². The van der Waals surface area contributed by atoms with Gasteiger partial charge in [-0.2, -0.15) is 5.26 Å². The summed E-state index contributed by atoms with van der Waals surface area (Å²) in [6.45, 7) is 0. The number of nitriles is 1. The maximum Gasteiger partial charge on any atom is 0.248 e. The van der Waals surface area contributed by atoms with Crippen LogP contribution in [-0.4, -0.2) is 19.1 Å². The summed E-state index contributed by atoms with van der Waals surface area (Å²) in [7, 11) is 1.49. The maximum atomic E-state index is 12.7. The van der Waals surface area contributed by atoms with Gasteiger partial charge in [-0.1, -0.05) is 0 Å². The Labute approximate surface area is 80.7 Å². The Hall–Kier alpha value is -1.89. The van der Waals surface area contributed by atoms with Gasteiger partial charge >= 0.3 is 0 Å². The Morgan fingerprint density at radius 3 is 2.50 bits per heavy atom. The maximum absolute atomic E-state index is 12.7. The van der Waals surface area contributed by atoms with Crippen molar-refractivity contribution in [2.45, 2.75) is 6.17 Å². The molecule has 3 nitrogen and oxygen atoms in total. The molecule has 1 unspecified atom stereocenters. The lowest BCUT2D eigenvalue weighted by Gasteiger charge is -2.01. The zero-order chi connectivity index (χ0) is 10.6. The number of ether oxygens (including phenoxy) is 1. The number of Topliss-reactive ketones (excluding diaryl/α,β-unsaturated/α-hetero) is 1. The van der Waals surface area contributed by atoms with Crippen LogP contribution in [0.3, 0.4) is 0 Å². The Balaban J connectivity index is 2.88. The number of methoxy groups -OCH3 is 1. The lowest BCUT2D eigenvalue weighted by Crippen LogP contribution is -2.13. The van der Waals surface area contributed by atoms with Crippen LogP contribution in [0.15, 0.2) is 24.3 Å². The summed E-state index contributed by atoms with van der Waals surface area (Å²) in [5.41, 5.74) is 0.167. The van der Waals surface area contributed by atoms with Crippen LogP contribution in [0.4, 0.5) is 4.39 Å². The minimum absolute atomic E-state index is 0.167. The fourth-order valence-corrected chi connectivity index (χ4v) is 0.960. The number of rotatable bonds is 3. The molecule has 1 atom stereocenters. The van der Waals surface area contributed by atoms with E-state index in [2.05, 4.69) is 0 Å². The normalized spacial score (nSPS) is 11.5. The highest BCUT2D eigenvalue weighted by molar-refractivity contribution is 6.01. The number of carbonyl (C=O) groups is 1. The van der Waals surface area contributed by atoms with Crippen LogP contribution >= 0.6 is 0 Å². The smallest absolute Gasteiger partial charge is 0.248 e. The Morgan fingerprint density at radius 1 is 1.50 bits per heavy atom. The third kappa shape index (κ3) is 2.07. The van der Waals surface area contributed by atoms with E-state index in [4.69, 9.17) is 10.00 Å². The van der Waals surface area contributed by atoms with E-state index >= 15 is 0 Å². The SMILES string of the molecule is COc1ccc(C(=O)C(F)C#N)cc1. The molecule has 0 aliphatic carbocycles. The number of hydrogen-bond donors (Lipinski definition) is 0. The highest BCUT2D eigenvalue weighted by Crippen LogP contribution is 2.13. The molecule has 0 aliphatic heterocycles. The lowest BCUT2D eigenvalue weighted by molar-refractivity contribution is 0.0918. The minimum atomic E-state index is -2.09. The van der Waals surface area contributed by atoms with Gasteiger partial charge in [0.1, 0.15) is 11.8 Å². The predicted molar refractivity (Wildman–Crippen MR) is 47.8 cm³/mol. The molecule has 0 bridgehead atoms. The van der Waals surface area contributed by atoms with Crippen LogP contribution in [0.25, 0.3) is 0 Å². The first-order valence-corrected chi connectivity index (χ1v) is 3.91. The van der Waals surface area contributed by atoms with Crippen LogP contribution in [0, 0.1) is 11.3 Å². The van der Waals surface area contributed by atoms with Gasteiger partial charge in [-0.25, -0.2) is 4.39 Å². The molecule has 0 radical (unpaired) electrons. The first-order valence-electron chi connectivity index (χ1n) is 3.91. The third-order valence-corrected chi connectivity index (χ3v) is 1.72. The van der Waals surface area contributed by atoms with E-state index in [1.807, 2.05) is 0 Å². The monoisotopic (exact) mass is 193 g/mol. The fraction of sp³-hybridized carbons (Fsp3) is 0.200. The second kappa shape index (κ2) is 4.38.